The van der Waals surface area contributed by atoms with Crippen molar-refractivity contribution < 1.29 is 13.2 Å². The van der Waals surface area contributed by atoms with E-state index in [0.717, 1.165) is 31.2 Å². The Morgan fingerprint density at radius 3 is 2.29 bits per heavy atom. The van der Waals surface area contributed by atoms with Crippen molar-refractivity contribution >= 4 is 31.9 Å². The lowest BCUT2D eigenvalue weighted by atomic mass is 10.2. The third kappa shape index (κ3) is 3.84. The second-order valence-corrected chi connectivity index (χ2v) is 7.68. The van der Waals surface area contributed by atoms with Gasteiger partial charge in [-0.3, -0.25) is 4.79 Å². The van der Waals surface area contributed by atoms with E-state index in [1.165, 1.54) is 4.31 Å². The number of alkyl halides is 1. The first-order valence-electron chi connectivity index (χ1n) is 6.90. The molecule has 116 valence electrons. The van der Waals surface area contributed by atoms with Crippen LogP contribution in [-0.2, 0) is 20.1 Å². The fraction of sp³-hybridized carbons (Fsp3) is 0.500. The van der Waals surface area contributed by atoms with E-state index in [1.54, 1.807) is 24.3 Å². The van der Waals surface area contributed by atoms with Crippen molar-refractivity contribution in [1.82, 2.24) is 4.31 Å². The van der Waals surface area contributed by atoms with Crippen LogP contribution < -0.4 is 5.73 Å². The van der Waals surface area contributed by atoms with Crippen LogP contribution in [0.3, 0.4) is 0 Å². The van der Waals surface area contributed by atoms with Gasteiger partial charge in [-0.2, -0.15) is 4.31 Å². The first-order chi connectivity index (χ1) is 9.95. The first kappa shape index (κ1) is 16.5. The van der Waals surface area contributed by atoms with Crippen LogP contribution in [0.25, 0.3) is 0 Å². The molecule has 0 unspecified atom stereocenters. The van der Waals surface area contributed by atoms with Crippen LogP contribution in [0.1, 0.15) is 31.2 Å². The summed E-state index contributed by atoms with van der Waals surface area (Å²) in [6.07, 6.45) is 3.54. The fourth-order valence-corrected chi connectivity index (χ4v) is 4.67. The molecule has 0 radical (unpaired) electrons. The molecule has 1 saturated carbocycles. The zero-order valence-corrected chi connectivity index (χ0v) is 14.1. The van der Waals surface area contributed by atoms with Gasteiger partial charge in [-0.25, -0.2) is 8.42 Å². The number of primary amides is 1. The minimum Gasteiger partial charge on any atom is -0.369 e. The van der Waals surface area contributed by atoms with Crippen molar-refractivity contribution in [2.24, 2.45) is 5.73 Å². The van der Waals surface area contributed by atoms with E-state index >= 15 is 0 Å². The lowest BCUT2D eigenvalue weighted by molar-refractivity contribution is -0.118. The Morgan fingerprint density at radius 1 is 1.24 bits per heavy atom. The number of rotatable bonds is 6. The number of benzene rings is 1. The van der Waals surface area contributed by atoms with Crippen LogP contribution in [0.4, 0.5) is 0 Å². The monoisotopic (exact) mass is 374 g/mol. The fourth-order valence-electron chi connectivity index (χ4n) is 2.64. The summed E-state index contributed by atoms with van der Waals surface area (Å²) in [5.41, 5.74) is 6.23. The number of hydrogen-bond acceptors (Lipinski definition) is 3. The molecule has 0 spiro atoms. The number of sulfonamides is 1. The highest BCUT2D eigenvalue weighted by Gasteiger charge is 2.34. The van der Waals surface area contributed by atoms with E-state index in [-0.39, 0.29) is 17.5 Å². The van der Waals surface area contributed by atoms with Crippen LogP contribution >= 0.6 is 15.9 Å². The second kappa shape index (κ2) is 6.89. The first-order valence-corrected chi connectivity index (χ1v) is 9.46. The average molecular weight is 375 g/mol. The molecule has 7 heteroatoms. The SMILES string of the molecule is NC(=O)CN(C1CCCC1)S(=O)(=O)c1ccc(CBr)cc1. The Labute approximate surface area is 133 Å². The van der Waals surface area contributed by atoms with Gasteiger partial charge in [0.1, 0.15) is 0 Å². The standard InChI is InChI=1S/C14H19BrN2O3S/c15-9-11-5-7-13(8-6-11)21(19,20)17(10-14(16)18)12-3-1-2-4-12/h5-8,12H,1-4,9-10H2,(H2,16,18). The van der Waals surface area contributed by atoms with Gasteiger partial charge in [-0.05, 0) is 30.5 Å². The lowest BCUT2D eigenvalue weighted by Crippen LogP contribution is -2.44. The van der Waals surface area contributed by atoms with Gasteiger partial charge < -0.3 is 5.73 Å². The van der Waals surface area contributed by atoms with Gasteiger partial charge in [0.15, 0.2) is 0 Å². The predicted molar refractivity (Wildman–Crippen MR) is 84.4 cm³/mol. The van der Waals surface area contributed by atoms with Crippen molar-refractivity contribution in [3.05, 3.63) is 29.8 Å². The number of amides is 1. The van der Waals surface area contributed by atoms with Gasteiger partial charge in [-0.1, -0.05) is 40.9 Å². The third-order valence-electron chi connectivity index (χ3n) is 3.73. The molecule has 1 amide bonds. The molecule has 0 saturated heterocycles. The topological polar surface area (TPSA) is 80.5 Å². The molecule has 1 aromatic carbocycles. The van der Waals surface area contributed by atoms with Gasteiger partial charge >= 0.3 is 0 Å². The average Bonchev–Trinajstić information content (AvgIpc) is 2.98. The maximum atomic E-state index is 12.8. The minimum atomic E-state index is -3.69. The molecule has 5 nitrogen and oxygen atoms in total. The summed E-state index contributed by atoms with van der Waals surface area (Å²) in [6, 6.07) is 6.56. The molecule has 1 aliphatic rings. The normalized spacial score (nSPS) is 16.5. The maximum Gasteiger partial charge on any atom is 0.243 e. The summed E-state index contributed by atoms with van der Waals surface area (Å²) in [6.45, 7) is -0.257. The Balaban J connectivity index is 2.32. The van der Waals surface area contributed by atoms with E-state index in [4.69, 9.17) is 5.73 Å². The van der Waals surface area contributed by atoms with Crippen LogP contribution in [0.15, 0.2) is 29.2 Å². The summed E-state index contributed by atoms with van der Waals surface area (Å²) in [5.74, 6) is -0.623. The number of nitrogens with two attached hydrogens (primary N) is 1. The van der Waals surface area contributed by atoms with Gasteiger partial charge in [-0.15, -0.1) is 0 Å². The van der Waals surface area contributed by atoms with Gasteiger partial charge in [0, 0.05) is 11.4 Å². The van der Waals surface area contributed by atoms with E-state index in [2.05, 4.69) is 15.9 Å². The van der Waals surface area contributed by atoms with Crippen LogP contribution in [0.5, 0.6) is 0 Å². The number of carbonyl (C=O) groups is 1. The number of hydrogen-bond donors (Lipinski definition) is 1. The highest BCUT2D eigenvalue weighted by atomic mass is 79.9. The maximum absolute atomic E-state index is 12.8. The molecule has 2 rings (SSSR count). The zero-order chi connectivity index (χ0) is 15.5. The Morgan fingerprint density at radius 2 is 1.81 bits per heavy atom. The number of halogens is 1. The molecule has 0 heterocycles. The van der Waals surface area contributed by atoms with Crippen molar-refractivity contribution in [1.29, 1.82) is 0 Å². The molecule has 0 bridgehead atoms. The summed E-state index contributed by atoms with van der Waals surface area (Å²) in [4.78, 5) is 11.5. The van der Waals surface area contributed by atoms with Crippen molar-refractivity contribution in [2.75, 3.05) is 6.54 Å². The van der Waals surface area contributed by atoms with Crippen LogP contribution in [-0.4, -0.2) is 31.2 Å². The molecule has 0 aliphatic heterocycles. The molecule has 2 N–H and O–H groups in total. The van der Waals surface area contributed by atoms with Gasteiger partial charge in [0.2, 0.25) is 15.9 Å². The Bertz CT molecular complexity index is 595. The molecule has 1 fully saturated rings. The number of carbonyl (C=O) groups excluding carboxylic acids is 1. The minimum absolute atomic E-state index is 0.127. The predicted octanol–water partition coefficient (Wildman–Crippen LogP) is 2.00. The molecule has 1 aromatic rings. The molecular formula is C14H19BrN2O3S. The smallest absolute Gasteiger partial charge is 0.243 e. The van der Waals surface area contributed by atoms with Crippen LogP contribution in [0, 0.1) is 0 Å². The molecule has 0 aromatic heterocycles. The summed E-state index contributed by atoms with van der Waals surface area (Å²) in [5, 5.41) is 0.668. The van der Waals surface area contributed by atoms with E-state index in [0.29, 0.717) is 5.33 Å². The molecule has 1 aliphatic carbocycles. The summed E-state index contributed by atoms with van der Waals surface area (Å²) in [7, 11) is -3.69. The molecule has 0 atom stereocenters. The Hall–Kier alpha value is -0.920. The largest absolute Gasteiger partial charge is 0.369 e. The highest BCUT2D eigenvalue weighted by molar-refractivity contribution is 9.08. The zero-order valence-electron chi connectivity index (χ0n) is 11.7. The molecular weight excluding hydrogens is 356 g/mol. The third-order valence-corrected chi connectivity index (χ3v) is 6.29. The molecule has 21 heavy (non-hydrogen) atoms. The Kier molecular flexibility index (Phi) is 5.40. The summed E-state index contributed by atoms with van der Waals surface area (Å²) >= 11 is 3.33. The summed E-state index contributed by atoms with van der Waals surface area (Å²) < 4.78 is 26.8. The van der Waals surface area contributed by atoms with Crippen molar-refractivity contribution in [2.45, 2.75) is 42.0 Å². The quantitative estimate of drug-likeness (QED) is 0.773. The van der Waals surface area contributed by atoms with Crippen molar-refractivity contribution in [3.8, 4) is 0 Å². The highest BCUT2D eigenvalue weighted by Crippen LogP contribution is 2.28. The van der Waals surface area contributed by atoms with Crippen LogP contribution in [0.2, 0.25) is 0 Å². The lowest BCUT2D eigenvalue weighted by Gasteiger charge is -2.26. The number of nitrogens with zero attached hydrogens (tertiary/aromatic N) is 1. The second-order valence-electron chi connectivity index (χ2n) is 5.23. The van der Waals surface area contributed by atoms with Crippen molar-refractivity contribution in [3.63, 3.8) is 0 Å². The van der Waals surface area contributed by atoms with E-state index in [9.17, 15) is 13.2 Å². The van der Waals surface area contributed by atoms with Gasteiger partial charge in [0.25, 0.3) is 0 Å². The van der Waals surface area contributed by atoms with Gasteiger partial charge in [0.05, 0.1) is 11.4 Å². The van der Waals surface area contributed by atoms with E-state index in [1.807, 2.05) is 0 Å². The van der Waals surface area contributed by atoms with E-state index < -0.39 is 15.9 Å².